The Morgan fingerprint density at radius 2 is 2.16 bits per heavy atom. The number of hydrogen-bond donors (Lipinski definition) is 2. The number of carbonyl (C=O) groups is 1. The second kappa shape index (κ2) is 6.21. The zero-order chi connectivity index (χ0) is 13.7. The summed E-state index contributed by atoms with van der Waals surface area (Å²) in [7, 11) is 0. The zero-order valence-electron chi connectivity index (χ0n) is 9.63. The van der Waals surface area contributed by atoms with E-state index in [1.807, 2.05) is 0 Å². The Morgan fingerprint density at radius 1 is 1.32 bits per heavy atom. The maximum atomic E-state index is 11.7. The van der Waals surface area contributed by atoms with Gasteiger partial charge in [0.2, 0.25) is 0 Å². The molecule has 1 aromatic carbocycles. The first kappa shape index (κ1) is 13.4. The first-order valence-corrected chi connectivity index (χ1v) is 6.08. The summed E-state index contributed by atoms with van der Waals surface area (Å²) >= 11 is 10.9. The fraction of sp³-hybridized carbons (Fsp3) is 0. The van der Waals surface area contributed by atoms with Crippen molar-refractivity contribution in [2.24, 2.45) is 0 Å². The van der Waals surface area contributed by atoms with Gasteiger partial charge in [-0.05, 0) is 18.2 Å². The highest BCUT2D eigenvalue weighted by atomic mass is 35.5. The molecule has 0 saturated heterocycles. The van der Waals surface area contributed by atoms with Gasteiger partial charge in [-0.15, -0.1) is 0 Å². The topological polar surface area (TPSA) is 66.9 Å². The first-order chi connectivity index (χ1) is 9.15. The van der Waals surface area contributed by atoms with E-state index in [1.54, 1.807) is 24.3 Å². The Bertz CT molecular complexity index is 606. The predicted octanol–water partition coefficient (Wildman–Crippen LogP) is 2.63. The highest BCUT2D eigenvalue weighted by Gasteiger charge is 2.07. The Kier molecular flexibility index (Phi) is 4.38. The molecule has 19 heavy (non-hydrogen) atoms. The third-order valence-corrected chi connectivity index (χ3v) is 2.65. The van der Waals surface area contributed by atoms with Crippen LogP contribution in [0.25, 0.3) is 0 Å². The molecular formula is C12H9ClN4OS. The minimum atomic E-state index is -0.460. The minimum absolute atomic E-state index is 0.202. The number of nitrogens with zero attached hydrogens (tertiary/aromatic N) is 2. The second-order valence-corrected chi connectivity index (χ2v) is 4.35. The van der Waals surface area contributed by atoms with Crippen LogP contribution in [0.3, 0.4) is 0 Å². The lowest BCUT2D eigenvalue weighted by molar-refractivity contribution is 0.256. The van der Waals surface area contributed by atoms with E-state index < -0.39 is 6.03 Å². The highest BCUT2D eigenvalue weighted by molar-refractivity contribution is 7.80. The molecule has 2 N–H and O–H groups in total. The number of benzene rings is 1. The molecule has 0 saturated carbocycles. The van der Waals surface area contributed by atoms with E-state index in [4.69, 9.17) is 23.8 Å². The Balaban J connectivity index is 1.97. The number of urea groups is 1. The van der Waals surface area contributed by atoms with Crippen LogP contribution in [0.2, 0.25) is 5.02 Å². The third-order valence-electron chi connectivity index (χ3n) is 2.11. The van der Waals surface area contributed by atoms with Crippen molar-refractivity contribution in [2.45, 2.75) is 0 Å². The molecule has 0 unspecified atom stereocenters. The normalized spacial score (nSPS) is 9.74. The van der Waals surface area contributed by atoms with Crippen molar-refractivity contribution in [3.8, 4) is 0 Å². The van der Waals surface area contributed by atoms with Crippen molar-refractivity contribution in [3.05, 3.63) is 53.6 Å². The van der Waals surface area contributed by atoms with Gasteiger partial charge in [-0.3, -0.25) is 15.3 Å². The van der Waals surface area contributed by atoms with Crippen LogP contribution in [0.4, 0.5) is 10.5 Å². The van der Waals surface area contributed by atoms with E-state index in [9.17, 15) is 4.79 Å². The number of amides is 2. The third kappa shape index (κ3) is 3.97. The molecule has 0 aliphatic carbocycles. The van der Waals surface area contributed by atoms with E-state index >= 15 is 0 Å². The predicted molar refractivity (Wildman–Crippen MR) is 77.3 cm³/mol. The molecule has 2 aromatic rings. The van der Waals surface area contributed by atoms with Gasteiger partial charge in [0.15, 0.2) is 0 Å². The number of aromatic nitrogens is 2. The number of rotatable bonds is 2. The lowest BCUT2D eigenvalue weighted by Crippen LogP contribution is -2.34. The number of carbonyl (C=O) groups excluding carboxylic acids is 1. The van der Waals surface area contributed by atoms with Crippen molar-refractivity contribution in [3.63, 3.8) is 0 Å². The molecule has 0 aliphatic heterocycles. The fourth-order valence-electron chi connectivity index (χ4n) is 1.31. The van der Waals surface area contributed by atoms with E-state index in [0.717, 1.165) is 0 Å². The minimum Gasteiger partial charge on any atom is -0.308 e. The number of anilines is 1. The highest BCUT2D eigenvalue weighted by Crippen LogP contribution is 2.14. The Morgan fingerprint density at radius 3 is 2.84 bits per heavy atom. The van der Waals surface area contributed by atoms with Crippen molar-refractivity contribution in [1.82, 2.24) is 15.3 Å². The van der Waals surface area contributed by atoms with E-state index in [1.165, 1.54) is 18.6 Å². The molecule has 0 spiro atoms. The lowest BCUT2D eigenvalue weighted by atomic mass is 10.3. The molecule has 7 heteroatoms. The van der Waals surface area contributed by atoms with Gasteiger partial charge < -0.3 is 5.32 Å². The fourth-order valence-corrected chi connectivity index (χ4v) is 1.70. The quantitative estimate of drug-likeness (QED) is 0.835. The summed E-state index contributed by atoms with van der Waals surface area (Å²) in [4.78, 5) is 19.8. The maximum absolute atomic E-state index is 11.7. The summed E-state index contributed by atoms with van der Waals surface area (Å²) in [5.41, 5.74) is 1.01. The summed E-state index contributed by atoms with van der Waals surface area (Å²) in [6.45, 7) is 0. The van der Waals surface area contributed by atoms with Gasteiger partial charge in [0.1, 0.15) is 10.7 Å². The molecule has 96 valence electrons. The van der Waals surface area contributed by atoms with Crippen LogP contribution in [0.1, 0.15) is 5.69 Å². The molecule has 2 rings (SSSR count). The van der Waals surface area contributed by atoms with Crippen LogP contribution in [-0.4, -0.2) is 21.0 Å². The summed E-state index contributed by atoms with van der Waals surface area (Å²) in [6.07, 6.45) is 4.50. The van der Waals surface area contributed by atoms with E-state index in [2.05, 4.69) is 20.6 Å². The van der Waals surface area contributed by atoms with Gasteiger partial charge in [-0.2, -0.15) is 0 Å². The monoisotopic (exact) mass is 292 g/mol. The van der Waals surface area contributed by atoms with Crippen LogP contribution in [0.5, 0.6) is 0 Å². The van der Waals surface area contributed by atoms with Gasteiger partial charge in [0.05, 0.1) is 6.20 Å². The molecule has 5 nitrogen and oxygen atoms in total. The van der Waals surface area contributed by atoms with Crippen LogP contribution >= 0.6 is 23.8 Å². The molecular weight excluding hydrogens is 284 g/mol. The summed E-state index contributed by atoms with van der Waals surface area (Å²) in [5, 5.41) is 5.65. The smallest absolute Gasteiger partial charge is 0.308 e. The van der Waals surface area contributed by atoms with Gasteiger partial charge in [0, 0.05) is 23.1 Å². The largest absolute Gasteiger partial charge is 0.324 e. The SMILES string of the molecule is O=C(NC(=S)c1cnccn1)Nc1cccc(Cl)c1. The average Bonchev–Trinajstić information content (AvgIpc) is 2.39. The van der Waals surface area contributed by atoms with Crippen LogP contribution in [-0.2, 0) is 0 Å². The molecule has 1 aromatic heterocycles. The van der Waals surface area contributed by atoms with Gasteiger partial charge >= 0.3 is 6.03 Å². The number of nitrogens with one attached hydrogen (secondary N) is 2. The van der Waals surface area contributed by atoms with Gasteiger partial charge in [0.25, 0.3) is 0 Å². The summed E-state index contributed by atoms with van der Waals surface area (Å²) in [6, 6.07) is 6.34. The number of thiocarbonyl (C=S) groups is 1. The summed E-state index contributed by atoms with van der Waals surface area (Å²) in [5.74, 6) is 0. The molecule has 1 heterocycles. The molecule has 0 fully saturated rings. The Labute approximate surface area is 120 Å². The van der Waals surface area contributed by atoms with Crippen LogP contribution in [0, 0.1) is 0 Å². The summed E-state index contributed by atoms with van der Waals surface area (Å²) < 4.78 is 0. The Hall–Kier alpha value is -2.05. The van der Waals surface area contributed by atoms with Crippen molar-refractivity contribution in [1.29, 1.82) is 0 Å². The molecule has 0 bridgehead atoms. The van der Waals surface area contributed by atoms with Gasteiger partial charge in [-0.25, -0.2) is 4.79 Å². The van der Waals surface area contributed by atoms with E-state index in [-0.39, 0.29) is 4.99 Å². The zero-order valence-corrected chi connectivity index (χ0v) is 11.2. The van der Waals surface area contributed by atoms with Crippen LogP contribution < -0.4 is 10.6 Å². The van der Waals surface area contributed by atoms with Crippen molar-refractivity contribution < 1.29 is 4.79 Å². The van der Waals surface area contributed by atoms with Crippen molar-refractivity contribution >= 4 is 40.5 Å². The van der Waals surface area contributed by atoms with Crippen LogP contribution in [0.15, 0.2) is 42.9 Å². The molecule has 0 radical (unpaired) electrons. The maximum Gasteiger partial charge on any atom is 0.324 e. The standard InChI is InChI=1S/C12H9ClN4OS/c13-8-2-1-3-9(6-8)16-12(18)17-11(19)10-7-14-4-5-15-10/h1-7H,(H2,16,17,18,19). The van der Waals surface area contributed by atoms with E-state index in [0.29, 0.717) is 16.4 Å². The first-order valence-electron chi connectivity index (χ1n) is 5.29. The molecule has 0 aliphatic rings. The second-order valence-electron chi connectivity index (χ2n) is 3.51. The van der Waals surface area contributed by atoms with Gasteiger partial charge in [-0.1, -0.05) is 29.9 Å². The number of halogens is 1. The molecule has 2 amide bonds. The lowest BCUT2D eigenvalue weighted by Gasteiger charge is -2.08. The number of hydrogen-bond acceptors (Lipinski definition) is 4. The molecule has 0 atom stereocenters. The average molecular weight is 293 g/mol. The van der Waals surface area contributed by atoms with Crippen molar-refractivity contribution in [2.75, 3.05) is 5.32 Å².